The van der Waals surface area contributed by atoms with Crippen molar-refractivity contribution in [2.24, 2.45) is 0 Å². The van der Waals surface area contributed by atoms with E-state index in [1.165, 1.54) is 30.5 Å². The first-order chi connectivity index (χ1) is 11.9. The van der Waals surface area contributed by atoms with Gasteiger partial charge in [-0.2, -0.15) is 0 Å². The topological polar surface area (TPSA) is 71.1 Å². The first kappa shape index (κ1) is 17.7. The summed E-state index contributed by atoms with van der Waals surface area (Å²) in [6.07, 6.45) is 1.42. The van der Waals surface area contributed by atoms with Gasteiger partial charge in [0.05, 0.1) is 16.2 Å². The Balaban J connectivity index is 1.63. The normalized spacial score (nSPS) is 11.3. The minimum Gasteiger partial charge on any atom is -0.366 e. The highest BCUT2D eigenvalue weighted by atomic mass is 35.5. The van der Waals surface area contributed by atoms with Crippen LogP contribution in [0.15, 0.2) is 58.9 Å². The number of nitrogens with zero attached hydrogens (tertiary/aromatic N) is 1. The molecule has 0 fully saturated rings. The van der Waals surface area contributed by atoms with Crippen molar-refractivity contribution in [2.45, 2.75) is 10.8 Å². The lowest BCUT2D eigenvalue weighted by molar-refractivity contribution is 0.603. The van der Waals surface area contributed by atoms with Gasteiger partial charge in [0.1, 0.15) is 15.8 Å². The molecule has 2 N–H and O–H groups in total. The lowest BCUT2D eigenvalue weighted by Gasteiger charge is -2.08. The molecular weight excluding hydrogens is 385 g/mol. The fourth-order valence-electron chi connectivity index (χ4n) is 2.00. The zero-order valence-electron chi connectivity index (χ0n) is 12.7. The Bertz CT molecular complexity index is 958. The highest BCUT2D eigenvalue weighted by Crippen LogP contribution is 2.27. The number of sulfonamides is 1. The van der Waals surface area contributed by atoms with Gasteiger partial charge in [0.25, 0.3) is 10.0 Å². The fraction of sp³-hybridized carbons (Fsp3) is 0.0625. The number of hydrogen-bond acceptors (Lipinski definition) is 5. The quantitative estimate of drug-likeness (QED) is 0.648. The van der Waals surface area contributed by atoms with E-state index in [9.17, 15) is 12.8 Å². The lowest BCUT2D eigenvalue weighted by atomic mass is 10.2. The first-order valence-corrected chi connectivity index (χ1v) is 9.83. The van der Waals surface area contributed by atoms with Gasteiger partial charge in [0, 0.05) is 6.54 Å². The standard InChI is InChI=1S/C16H13ClFN3O2S2/c17-14-6-8-16(24-14)25(22,23)21-13-5-7-15(20-10-13)19-9-11-1-3-12(18)4-2-11/h1-8,10,21H,9H2,(H,19,20). The molecule has 0 saturated carbocycles. The van der Waals surface area contributed by atoms with E-state index in [-0.39, 0.29) is 10.0 Å². The summed E-state index contributed by atoms with van der Waals surface area (Å²) in [4.78, 5) is 4.16. The molecule has 0 atom stereocenters. The minimum absolute atomic E-state index is 0.135. The van der Waals surface area contributed by atoms with E-state index < -0.39 is 10.0 Å². The molecule has 0 spiro atoms. The number of anilines is 2. The van der Waals surface area contributed by atoms with Crippen LogP contribution >= 0.6 is 22.9 Å². The molecule has 0 bridgehead atoms. The summed E-state index contributed by atoms with van der Waals surface area (Å²) in [5, 5.41) is 3.08. The summed E-state index contributed by atoms with van der Waals surface area (Å²) in [7, 11) is -3.68. The van der Waals surface area contributed by atoms with Crippen molar-refractivity contribution in [3.8, 4) is 0 Å². The molecule has 9 heteroatoms. The maximum absolute atomic E-state index is 12.9. The number of thiophene rings is 1. The van der Waals surface area contributed by atoms with Crippen LogP contribution in [0.5, 0.6) is 0 Å². The van der Waals surface area contributed by atoms with Crippen molar-refractivity contribution >= 4 is 44.5 Å². The SMILES string of the molecule is O=S(=O)(Nc1ccc(NCc2ccc(F)cc2)nc1)c1ccc(Cl)s1. The minimum atomic E-state index is -3.68. The summed E-state index contributed by atoms with van der Waals surface area (Å²) in [6, 6.07) is 12.4. The summed E-state index contributed by atoms with van der Waals surface area (Å²) in [6.45, 7) is 0.478. The highest BCUT2D eigenvalue weighted by molar-refractivity contribution is 7.94. The van der Waals surface area contributed by atoms with Gasteiger partial charge in [-0.25, -0.2) is 17.8 Å². The molecule has 130 valence electrons. The van der Waals surface area contributed by atoms with Crippen LogP contribution < -0.4 is 10.0 Å². The summed E-state index contributed by atoms with van der Waals surface area (Å²) in [5.74, 6) is 0.289. The number of benzene rings is 1. The van der Waals surface area contributed by atoms with Crippen LogP contribution in [0.2, 0.25) is 4.34 Å². The van der Waals surface area contributed by atoms with Crippen molar-refractivity contribution < 1.29 is 12.8 Å². The summed E-state index contributed by atoms with van der Waals surface area (Å²) < 4.78 is 40.3. The molecule has 0 radical (unpaired) electrons. The average Bonchev–Trinajstić information content (AvgIpc) is 3.03. The largest absolute Gasteiger partial charge is 0.366 e. The Kier molecular flexibility index (Phi) is 5.22. The van der Waals surface area contributed by atoms with E-state index in [0.717, 1.165) is 16.9 Å². The Morgan fingerprint density at radius 2 is 1.84 bits per heavy atom. The molecule has 1 aromatic carbocycles. The van der Waals surface area contributed by atoms with Gasteiger partial charge in [0.15, 0.2) is 0 Å². The average molecular weight is 398 g/mol. The van der Waals surface area contributed by atoms with Gasteiger partial charge >= 0.3 is 0 Å². The van der Waals surface area contributed by atoms with Crippen LogP contribution in [-0.2, 0) is 16.6 Å². The molecule has 2 aromatic heterocycles. The maximum atomic E-state index is 12.9. The predicted molar refractivity (Wildman–Crippen MR) is 98.1 cm³/mol. The van der Waals surface area contributed by atoms with Gasteiger partial charge in [0.2, 0.25) is 0 Å². The molecule has 3 rings (SSSR count). The van der Waals surface area contributed by atoms with Gasteiger partial charge < -0.3 is 5.32 Å². The van der Waals surface area contributed by atoms with Crippen LogP contribution in [0.25, 0.3) is 0 Å². The lowest BCUT2D eigenvalue weighted by Crippen LogP contribution is -2.11. The molecule has 0 unspecified atom stereocenters. The Morgan fingerprint density at radius 3 is 2.44 bits per heavy atom. The van der Waals surface area contributed by atoms with E-state index in [2.05, 4.69) is 15.0 Å². The third-order valence-corrected chi connectivity index (χ3v) is 6.32. The van der Waals surface area contributed by atoms with Crippen molar-refractivity contribution in [3.05, 3.63) is 70.4 Å². The fourth-order valence-corrected chi connectivity index (χ4v) is 4.53. The molecule has 0 amide bonds. The molecule has 0 saturated heterocycles. The van der Waals surface area contributed by atoms with Gasteiger partial charge in [-0.05, 0) is 42.0 Å². The zero-order chi connectivity index (χ0) is 17.9. The van der Waals surface area contributed by atoms with Crippen LogP contribution in [0.3, 0.4) is 0 Å². The highest BCUT2D eigenvalue weighted by Gasteiger charge is 2.16. The van der Waals surface area contributed by atoms with Crippen molar-refractivity contribution in [1.29, 1.82) is 0 Å². The predicted octanol–water partition coefficient (Wildman–Crippen LogP) is 4.35. The van der Waals surface area contributed by atoms with Gasteiger partial charge in [-0.15, -0.1) is 11.3 Å². The van der Waals surface area contributed by atoms with E-state index in [1.807, 2.05) is 0 Å². The molecule has 5 nitrogen and oxygen atoms in total. The van der Waals surface area contributed by atoms with Crippen LogP contribution in [0.1, 0.15) is 5.56 Å². The molecule has 0 aliphatic rings. The number of aromatic nitrogens is 1. The van der Waals surface area contributed by atoms with Crippen molar-refractivity contribution in [1.82, 2.24) is 4.98 Å². The van der Waals surface area contributed by atoms with Crippen LogP contribution in [0.4, 0.5) is 15.9 Å². The van der Waals surface area contributed by atoms with Gasteiger partial charge in [-0.1, -0.05) is 23.7 Å². The van der Waals surface area contributed by atoms with Crippen molar-refractivity contribution in [2.75, 3.05) is 10.0 Å². The van der Waals surface area contributed by atoms with Crippen LogP contribution in [-0.4, -0.2) is 13.4 Å². The number of hydrogen-bond donors (Lipinski definition) is 2. The number of halogens is 2. The first-order valence-electron chi connectivity index (χ1n) is 7.15. The smallest absolute Gasteiger partial charge is 0.271 e. The monoisotopic (exact) mass is 397 g/mol. The molecule has 0 aliphatic carbocycles. The molecular formula is C16H13ClFN3O2S2. The van der Waals surface area contributed by atoms with Crippen LogP contribution in [0, 0.1) is 5.82 Å². The Morgan fingerprint density at radius 1 is 1.08 bits per heavy atom. The molecule has 0 aliphatic heterocycles. The van der Waals surface area contributed by atoms with E-state index in [4.69, 9.17) is 11.6 Å². The second-order valence-electron chi connectivity index (χ2n) is 5.08. The van der Waals surface area contributed by atoms with E-state index in [0.29, 0.717) is 22.4 Å². The Hall–Kier alpha value is -2.16. The summed E-state index contributed by atoms with van der Waals surface area (Å²) >= 11 is 6.75. The Labute approximate surface area is 153 Å². The molecule has 25 heavy (non-hydrogen) atoms. The number of nitrogens with one attached hydrogen (secondary N) is 2. The van der Waals surface area contributed by atoms with E-state index >= 15 is 0 Å². The van der Waals surface area contributed by atoms with Gasteiger partial charge in [-0.3, -0.25) is 4.72 Å². The number of pyridine rings is 1. The second-order valence-corrected chi connectivity index (χ2v) is 8.70. The number of rotatable bonds is 6. The zero-order valence-corrected chi connectivity index (χ0v) is 15.1. The third kappa shape index (κ3) is 4.68. The summed E-state index contributed by atoms with van der Waals surface area (Å²) in [5.41, 5.74) is 1.25. The third-order valence-electron chi connectivity index (χ3n) is 3.22. The maximum Gasteiger partial charge on any atom is 0.271 e. The molecule has 2 heterocycles. The van der Waals surface area contributed by atoms with E-state index in [1.54, 1.807) is 24.3 Å². The van der Waals surface area contributed by atoms with Crippen molar-refractivity contribution in [3.63, 3.8) is 0 Å². The molecule has 3 aromatic rings. The second kappa shape index (κ2) is 7.38.